The number of nitrogens with zero attached hydrogens (tertiary/aromatic N) is 2. The second-order valence-corrected chi connectivity index (χ2v) is 6.64. The summed E-state index contributed by atoms with van der Waals surface area (Å²) in [6.07, 6.45) is -4.47. The number of aliphatic hydroxyl groups is 1. The first-order chi connectivity index (χ1) is 12.3. The average Bonchev–Trinajstić information content (AvgIpc) is 2.74. The molecule has 1 heterocycles. The Kier molecular flexibility index (Phi) is 5.46. The second kappa shape index (κ2) is 7.47. The zero-order chi connectivity index (χ0) is 18.9. The van der Waals surface area contributed by atoms with Crippen LogP contribution in [-0.2, 0) is 6.18 Å². The van der Waals surface area contributed by atoms with Gasteiger partial charge in [0.05, 0.1) is 29.4 Å². The summed E-state index contributed by atoms with van der Waals surface area (Å²) < 4.78 is 39.7. The van der Waals surface area contributed by atoms with E-state index >= 15 is 0 Å². The molecule has 1 N–H and O–H groups in total. The highest BCUT2D eigenvalue weighted by Crippen LogP contribution is 2.36. The molecular weight excluding hydrogens is 388 g/mol. The lowest BCUT2D eigenvalue weighted by Crippen LogP contribution is -2.29. The molecule has 0 bridgehead atoms. The lowest BCUT2D eigenvalue weighted by atomic mass is 9.97. The van der Waals surface area contributed by atoms with Crippen LogP contribution < -0.4 is 4.90 Å². The van der Waals surface area contributed by atoms with Crippen molar-refractivity contribution in [2.24, 2.45) is 4.99 Å². The third kappa shape index (κ3) is 3.82. The first-order valence-corrected chi connectivity index (χ1v) is 8.64. The Morgan fingerprint density at radius 2 is 1.85 bits per heavy atom. The Balaban J connectivity index is 2.20. The van der Waals surface area contributed by atoms with Crippen LogP contribution >= 0.6 is 23.2 Å². The molecule has 0 unspecified atom stereocenters. The van der Waals surface area contributed by atoms with Gasteiger partial charge in [0, 0.05) is 34.9 Å². The van der Waals surface area contributed by atoms with Gasteiger partial charge < -0.3 is 10.0 Å². The van der Waals surface area contributed by atoms with E-state index in [2.05, 4.69) is 4.99 Å². The summed E-state index contributed by atoms with van der Waals surface area (Å²) in [6, 6.07) is 8.33. The van der Waals surface area contributed by atoms with E-state index in [-0.39, 0.29) is 6.61 Å². The average molecular weight is 403 g/mol. The molecule has 0 spiro atoms. The van der Waals surface area contributed by atoms with Crippen molar-refractivity contribution in [3.8, 4) is 0 Å². The summed E-state index contributed by atoms with van der Waals surface area (Å²) in [5.41, 5.74) is 1.04. The minimum Gasteiger partial charge on any atom is -0.395 e. The molecule has 1 aliphatic rings. The van der Waals surface area contributed by atoms with Crippen molar-refractivity contribution in [1.82, 2.24) is 0 Å². The lowest BCUT2D eigenvalue weighted by molar-refractivity contribution is -0.137. The Labute approximate surface area is 158 Å². The summed E-state index contributed by atoms with van der Waals surface area (Å²) >= 11 is 12.2. The van der Waals surface area contributed by atoms with Crippen molar-refractivity contribution in [3.63, 3.8) is 0 Å². The number of alkyl halides is 3. The molecule has 2 aromatic rings. The Bertz CT molecular complexity index is 853. The molecule has 0 fully saturated rings. The van der Waals surface area contributed by atoms with E-state index < -0.39 is 11.7 Å². The molecule has 0 aromatic heterocycles. The highest BCUT2D eigenvalue weighted by Gasteiger charge is 2.32. The highest BCUT2D eigenvalue weighted by atomic mass is 35.5. The Morgan fingerprint density at radius 1 is 1.08 bits per heavy atom. The Hall–Kier alpha value is -1.76. The van der Waals surface area contributed by atoms with E-state index in [0.717, 1.165) is 12.1 Å². The van der Waals surface area contributed by atoms with Gasteiger partial charge in [0.15, 0.2) is 0 Å². The number of hydrogen-bond donors (Lipinski definition) is 1. The van der Waals surface area contributed by atoms with E-state index in [1.807, 2.05) is 4.90 Å². The van der Waals surface area contributed by atoms with Gasteiger partial charge in [0.25, 0.3) is 0 Å². The molecular formula is C18H15Cl2F3N2O. The van der Waals surface area contributed by atoms with Crippen LogP contribution in [0.3, 0.4) is 0 Å². The highest BCUT2D eigenvalue weighted by molar-refractivity contribution is 6.38. The monoisotopic (exact) mass is 402 g/mol. The van der Waals surface area contributed by atoms with Crippen molar-refractivity contribution in [1.29, 1.82) is 0 Å². The Morgan fingerprint density at radius 3 is 2.50 bits per heavy atom. The van der Waals surface area contributed by atoms with E-state index in [1.165, 1.54) is 12.1 Å². The van der Waals surface area contributed by atoms with E-state index in [9.17, 15) is 18.3 Å². The van der Waals surface area contributed by atoms with Crippen molar-refractivity contribution in [2.45, 2.75) is 6.18 Å². The number of benzodiazepines with no additional fused rings is 1. The number of hydrogen-bond acceptors (Lipinski definition) is 3. The number of rotatable bonds is 3. The van der Waals surface area contributed by atoms with Crippen LogP contribution in [0.5, 0.6) is 0 Å². The van der Waals surface area contributed by atoms with E-state index in [0.29, 0.717) is 52.2 Å². The van der Waals surface area contributed by atoms with Gasteiger partial charge in [-0.05, 0) is 36.4 Å². The van der Waals surface area contributed by atoms with Gasteiger partial charge in [-0.15, -0.1) is 0 Å². The molecule has 3 rings (SSSR count). The summed E-state index contributed by atoms with van der Waals surface area (Å²) in [5, 5.41) is 10.0. The van der Waals surface area contributed by atoms with Crippen LogP contribution in [0.1, 0.15) is 16.7 Å². The van der Waals surface area contributed by atoms with Gasteiger partial charge in [0.1, 0.15) is 0 Å². The minimum absolute atomic E-state index is 0.114. The smallest absolute Gasteiger partial charge is 0.395 e. The van der Waals surface area contributed by atoms with Crippen LogP contribution in [0, 0.1) is 0 Å². The molecule has 0 atom stereocenters. The van der Waals surface area contributed by atoms with Crippen LogP contribution in [0.25, 0.3) is 0 Å². The molecule has 0 aliphatic carbocycles. The summed E-state index contributed by atoms with van der Waals surface area (Å²) in [7, 11) is 0. The zero-order valence-electron chi connectivity index (χ0n) is 13.5. The van der Waals surface area contributed by atoms with Gasteiger partial charge in [-0.2, -0.15) is 13.2 Å². The number of aliphatic hydroxyl groups excluding tert-OH is 1. The number of fused-ring (bicyclic) bond motifs is 1. The van der Waals surface area contributed by atoms with Crippen LogP contribution in [0.4, 0.5) is 18.9 Å². The standard InChI is InChI=1S/C18H15Cl2F3N2O/c19-12-2-3-13(15(20)10-12)17-14-9-11(18(21,22)23)1-4-16(14)25(7-8-26)6-5-24-17/h1-4,9-10,26H,5-8H2. The molecule has 138 valence electrons. The van der Waals surface area contributed by atoms with Gasteiger partial charge in [-0.25, -0.2) is 0 Å². The fourth-order valence-corrected chi connectivity index (χ4v) is 3.43. The summed E-state index contributed by atoms with van der Waals surface area (Å²) in [4.78, 5) is 6.29. The molecule has 0 saturated carbocycles. The number of benzene rings is 2. The molecule has 8 heteroatoms. The molecule has 0 radical (unpaired) electrons. The summed E-state index contributed by atoms with van der Waals surface area (Å²) in [6.45, 7) is 1.03. The molecule has 1 aliphatic heterocycles. The van der Waals surface area contributed by atoms with E-state index in [1.54, 1.807) is 12.1 Å². The topological polar surface area (TPSA) is 35.8 Å². The number of β-amino-alcohol motifs (C(OH)–C–C–N with tert-alkyl or cyclic N) is 1. The maximum absolute atomic E-state index is 13.2. The van der Waals surface area contributed by atoms with E-state index in [4.69, 9.17) is 23.2 Å². The van der Waals surface area contributed by atoms with Crippen LogP contribution in [0.15, 0.2) is 41.4 Å². The first-order valence-electron chi connectivity index (χ1n) is 7.88. The zero-order valence-corrected chi connectivity index (χ0v) is 15.0. The first kappa shape index (κ1) is 19.0. The molecule has 2 aromatic carbocycles. The molecule has 26 heavy (non-hydrogen) atoms. The predicted octanol–water partition coefficient (Wildman–Crippen LogP) is 4.66. The fraction of sp³-hybridized carbons (Fsp3) is 0.278. The summed E-state index contributed by atoms with van der Waals surface area (Å²) in [5.74, 6) is 0. The third-order valence-electron chi connectivity index (χ3n) is 4.12. The predicted molar refractivity (Wildman–Crippen MR) is 97.7 cm³/mol. The van der Waals surface area contributed by atoms with Crippen molar-refractivity contribution in [3.05, 3.63) is 63.1 Å². The van der Waals surface area contributed by atoms with Gasteiger partial charge in [-0.1, -0.05) is 23.2 Å². The number of halogens is 5. The van der Waals surface area contributed by atoms with Crippen LogP contribution in [-0.4, -0.2) is 37.1 Å². The largest absolute Gasteiger partial charge is 0.416 e. The van der Waals surface area contributed by atoms with Gasteiger partial charge in [0.2, 0.25) is 0 Å². The normalized spacial score (nSPS) is 14.7. The van der Waals surface area contributed by atoms with Crippen molar-refractivity contribution >= 4 is 34.6 Å². The maximum Gasteiger partial charge on any atom is 0.416 e. The fourth-order valence-electron chi connectivity index (χ4n) is 2.93. The number of anilines is 1. The lowest BCUT2D eigenvalue weighted by Gasteiger charge is -2.24. The quantitative estimate of drug-likeness (QED) is 0.809. The maximum atomic E-state index is 13.2. The minimum atomic E-state index is -4.47. The molecule has 0 amide bonds. The van der Waals surface area contributed by atoms with Gasteiger partial charge in [-0.3, -0.25) is 4.99 Å². The van der Waals surface area contributed by atoms with Crippen molar-refractivity contribution < 1.29 is 18.3 Å². The number of aliphatic imine (C=N–C) groups is 1. The van der Waals surface area contributed by atoms with Crippen molar-refractivity contribution in [2.75, 3.05) is 31.1 Å². The third-order valence-corrected chi connectivity index (χ3v) is 4.66. The SMILES string of the molecule is OCCN1CCN=C(c2ccc(Cl)cc2Cl)c2cc(C(F)(F)F)ccc21. The van der Waals surface area contributed by atoms with Gasteiger partial charge >= 0.3 is 6.18 Å². The molecule has 3 nitrogen and oxygen atoms in total. The second-order valence-electron chi connectivity index (χ2n) is 5.79. The molecule has 0 saturated heterocycles. The van der Waals surface area contributed by atoms with Crippen LogP contribution in [0.2, 0.25) is 10.0 Å².